The summed E-state index contributed by atoms with van der Waals surface area (Å²) in [5.41, 5.74) is 4.05. The predicted molar refractivity (Wildman–Crippen MR) is 113 cm³/mol. The number of thiophene rings is 1. The molecule has 1 N–H and O–H groups in total. The van der Waals surface area contributed by atoms with E-state index in [4.69, 9.17) is 4.74 Å². The van der Waals surface area contributed by atoms with Crippen molar-refractivity contribution in [3.63, 3.8) is 0 Å². The number of carbonyl (C=O) groups excluding carboxylic acids is 2. The number of aryl methyl sites for hydroxylation is 4. The molecule has 2 aromatic heterocycles. The number of benzene rings is 1. The maximum atomic E-state index is 12.0. The molecule has 0 spiro atoms. The van der Waals surface area contributed by atoms with Crippen LogP contribution in [0.4, 0.5) is 5.69 Å². The first-order valence-corrected chi connectivity index (χ1v) is 10.5. The zero-order valence-electron chi connectivity index (χ0n) is 16.2. The van der Waals surface area contributed by atoms with E-state index in [2.05, 4.69) is 15.3 Å². The van der Waals surface area contributed by atoms with Gasteiger partial charge >= 0.3 is 5.97 Å². The van der Waals surface area contributed by atoms with Crippen LogP contribution in [0.25, 0.3) is 10.2 Å². The highest BCUT2D eigenvalue weighted by molar-refractivity contribution is 8.00. The van der Waals surface area contributed by atoms with Crippen LogP contribution < -0.4 is 5.32 Å². The Morgan fingerprint density at radius 3 is 2.68 bits per heavy atom. The van der Waals surface area contributed by atoms with E-state index in [-0.39, 0.29) is 18.3 Å². The molecule has 0 unspecified atom stereocenters. The van der Waals surface area contributed by atoms with Crippen molar-refractivity contribution >= 4 is 50.9 Å². The quantitative estimate of drug-likeness (QED) is 0.369. The molecule has 8 heteroatoms. The Labute approximate surface area is 171 Å². The molecule has 3 aromatic rings. The zero-order valence-corrected chi connectivity index (χ0v) is 17.8. The van der Waals surface area contributed by atoms with Gasteiger partial charge in [-0.2, -0.15) is 0 Å². The van der Waals surface area contributed by atoms with Gasteiger partial charge in [0.25, 0.3) is 5.91 Å². The molecule has 146 valence electrons. The normalized spacial score (nSPS) is 10.9. The minimum atomic E-state index is -0.461. The molecule has 0 saturated heterocycles. The number of esters is 1. The van der Waals surface area contributed by atoms with E-state index in [1.165, 1.54) is 23.0 Å². The van der Waals surface area contributed by atoms with Crippen molar-refractivity contribution in [3.8, 4) is 0 Å². The van der Waals surface area contributed by atoms with Gasteiger partial charge < -0.3 is 10.1 Å². The van der Waals surface area contributed by atoms with Gasteiger partial charge in [0.1, 0.15) is 16.2 Å². The Morgan fingerprint density at radius 2 is 1.93 bits per heavy atom. The van der Waals surface area contributed by atoms with Crippen molar-refractivity contribution < 1.29 is 14.3 Å². The van der Waals surface area contributed by atoms with Crippen molar-refractivity contribution in [1.82, 2.24) is 9.97 Å². The van der Waals surface area contributed by atoms with E-state index in [0.717, 1.165) is 31.9 Å². The van der Waals surface area contributed by atoms with Gasteiger partial charge in [0.15, 0.2) is 6.61 Å². The fraction of sp³-hybridized carbons (Fsp3) is 0.300. The molecular formula is C20H21N3O3S2. The number of amides is 1. The fourth-order valence-electron chi connectivity index (χ4n) is 2.59. The van der Waals surface area contributed by atoms with Crippen LogP contribution in [0.3, 0.4) is 0 Å². The molecule has 0 saturated carbocycles. The first-order valence-electron chi connectivity index (χ1n) is 8.71. The molecule has 28 heavy (non-hydrogen) atoms. The summed E-state index contributed by atoms with van der Waals surface area (Å²) in [6.07, 6.45) is 1.50. The Balaban J connectivity index is 1.52. The topological polar surface area (TPSA) is 81.2 Å². The minimum Gasteiger partial charge on any atom is -0.455 e. The van der Waals surface area contributed by atoms with Crippen LogP contribution in [0.5, 0.6) is 0 Å². The van der Waals surface area contributed by atoms with Gasteiger partial charge in [0, 0.05) is 16.0 Å². The molecule has 0 aliphatic carbocycles. The Morgan fingerprint density at radius 1 is 1.14 bits per heavy atom. The van der Waals surface area contributed by atoms with Gasteiger partial charge in [-0.1, -0.05) is 17.8 Å². The monoisotopic (exact) mass is 415 g/mol. The number of hydrogen-bond acceptors (Lipinski definition) is 7. The van der Waals surface area contributed by atoms with E-state index >= 15 is 0 Å². The molecule has 6 nitrogen and oxygen atoms in total. The highest BCUT2D eigenvalue weighted by Gasteiger charge is 2.15. The third-order valence-corrected chi connectivity index (χ3v) is 6.49. The van der Waals surface area contributed by atoms with Crippen molar-refractivity contribution in [1.29, 1.82) is 0 Å². The highest BCUT2D eigenvalue weighted by atomic mass is 32.2. The summed E-state index contributed by atoms with van der Waals surface area (Å²) >= 11 is 2.90. The molecule has 0 radical (unpaired) electrons. The smallest absolute Gasteiger partial charge is 0.316 e. The standard InChI is InChI=1S/C20H21N3O3S2/c1-11-5-6-15(7-12(11)2)23-16(24)8-26-17(25)9-27-19-18-13(3)14(4)28-20(18)22-10-21-19/h5-7,10H,8-9H2,1-4H3,(H,23,24). The number of anilines is 1. The Kier molecular flexibility index (Phi) is 6.31. The lowest BCUT2D eigenvalue weighted by Crippen LogP contribution is -2.21. The molecule has 0 aliphatic rings. The Hall–Kier alpha value is -2.45. The first-order chi connectivity index (χ1) is 13.3. The van der Waals surface area contributed by atoms with E-state index in [9.17, 15) is 9.59 Å². The molecule has 1 amide bonds. The third kappa shape index (κ3) is 4.69. The van der Waals surface area contributed by atoms with E-state index in [1.807, 2.05) is 45.9 Å². The number of nitrogens with one attached hydrogen (secondary N) is 1. The number of thioether (sulfide) groups is 1. The van der Waals surface area contributed by atoms with Gasteiger partial charge in [-0.25, -0.2) is 9.97 Å². The molecule has 2 heterocycles. The molecule has 1 aromatic carbocycles. The number of carbonyl (C=O) groups is 2. The summed E-state index contributed by atoms with van der Waals surface area (Å²) in [5, 5.41) is 4.47. The van der Waals surface area contributed by atoms with Crippen LogP contribution >= 0.6 is 23.1 Å². The zero-order chi connectivity index (χ0) is 20.3. The van der Waals surface area contributed by atoms with Crippen molar-refractivity contribution in [2.45, 2.75) is 32.7 Å². The maximum absolute atomic E-state index is 12.0. The lowest BCUT2D eigenvalue weighted by atomic mass is 10.1. The van der Waals surface area contributed by atoms with Crippen LogP contribution in [0.2, 0.25) is 0 Å². The fourth-order valence-corrected chi connectivity index (χ4v) is 4.51. The summed E-state index contributed by atoms with van der Waals surface area (Å²) in [7, 11) is 0. The average Bonchev–Trinajstić information content (AvgIpc) is 2.96. The number of aromatic nitrogens is 2. The number of nitrogens with zero attached hydrogens (tertiary/aromatic N) is 2. The molecule has 0 atom stereocenters. The average molecular weight is 416 g/mol. The van der Waals surface area contributed by atoms with Gasteiger partial charge in [-0.3, -0.25) is 9.59 Å². The molecule has 0 bridgehead atoms. The predicted octanol–water partition coefficient (Wildman–Crippen LogP) is 4.20. The second-order valence-electron chi connectivity index (χ2n) is 6.44. The summed E-state index contributed by atoms with van der Waals surface area (Å²) in [6, 6.07) is 5.64. The second-order valence-corrected chi connectivity index (χ2v) is 8.61. The van der Waals surface area contributed by atoms with Gasteiger partial charge in [-0.05, 0) is 56.5 Å². The van der Waals surface area contributed by atoms with E-state index in [0.29, 0.717) is 5.69 Å². The molecular weight excluding hydrogens is 394 g/mol. The SMILES string of the molecule is Cc1ccc(NC(=O)COC(=O)CSc2ncnc3sc(C)c(C)c23)cc1C. The van der Waals surface area contributed by atoms with Crippen LogP contribution in [0.15, 0.2) is 29.6 Å². The highest BCUT2D eigenvalue weighted by Crippen LogP contribution is 2.34. The number of hydrogen-bond donors (Lipinski definition) is 1. The van der Waals surface area contributed by atoms with E-state index in [1.54, 1.807) is 11.3 Å². The van der Waals surface area contributed by atoms with Crippen LogP contribution in [0.1, 0.15) is 21.6 Å². The van der Waals surface area contributed by atoms with Crippen molar-refractivity contribution in [2.75, 3.05) is 17.7 Å². The third-order valence-electron chi connectivity index (χ3n) is 4.41. The number of rotatable bonds is 6. The van der Waals surface area contributed by atoms with Crippen molar-refractivity contribution in [2.24, 2.45) is 0 Å². The van der Waals surface area contributed by atoms with Gasteiger partial charge in [0.2, 0.25) is 0 Å². The number of fused-ring (bicyclic) bond motifs is 1. The molecule has 3 rings (SSSR count). The summed E-state index contributed by atoms with van der Waals surface area (Å²) in [5.74, 6) is -0.746. The first kappa shape index (κ1) is 20.3. The van der Waals surface area contributed by atoms with Gasteiger partial charge in [-0.15, -0.1) is 11.3 Å². The molecule has 0 fully saturated rings. The largest absolute Gasteiger partial charge is 0.455 e. The lowest BCUT2D eigenvalue weighted by Gasteiger charge is -2.08. The van der Waals surface area contributed by atoms with Crippen LogP contribution in [-0.2, 0) is 14.3 Å². The second kappa shape index (κ2) is 8.70. The molecule has 0 aliphatic heterocycles. The minimum absolute atomic E-state index is 0.0807. The van der Waals surface area contributed by atoms with Crippen molar-refractivity contribution in [3.05, 3.63) is 46.1 Å². The van der Waals surface area contributed by atoms with E-state index < -0.39 is 5.97 Å². The van der Waals surface area contributed by atoms with Crippen LogP contribution in [0, 0.1) is 27.7 Å². The Bertz CT molecular complexity index is 1050. The summed E-state index contributed by atoms with van der Waals surface area (Å²) in [6.45, 7) is 7.73. The van der Waals surface area contributed by atoms with Crippen LogP contribution in [-0.4, -0.2) is 34.2 Å². The summed E-state index contributed by atoms with van der Waals surface area (Å²) in [4.78, 5) is 34.7. The van der Waals surface area contributed by atoms with Gasteiger partial charge in [0.05, 0.1) is 5.75 Å². The summed E-state index contributed by atoms with van der Waals surface area (Å²) < 4.78 is 5.09. The lowest BCUT2D eigenvalue weighted by molar-refractivity contribution is -0.144. The maximum Gasteiger partial charge on any atom is 0.316 e. The number of ether oxygens (including phenoxy) is 1.